The van der Waals surface area contributed by atoms with Crippen molar-refractivity contribution in [1.29, 1.82) is 0 Å². The summed E-state index contributed by atoms with van der Waals surface area (Å²) in [6, 6.07) is 75.5. The highest BCUT2D eigenvalue weighted by Crippen LogP contribution is 2.45. The Hall–Kier alpha value is -6.76. The van der Waals surface area contributed by atoms with E-state index < -0.39 is 0 Å². The summed E-state index contributed by atoms with van der Waals surface area (Å²) < 4.78 is 0. The zero-order chi connectivity index (χ0) is 34.4. The highest BCUT2D eigenvalue weighted by molar-refractivity contribution is 6.23. The molecule has 10 aromatic carbocycles. The zero-order valence-electron chi connectivity index (χ0n) is 28.6. The Kier molecular flexibility index (Phi) is 7.25. The molecule has 0 spiro atoms. The molecule has 0 bridgehead atoms. The van der Waals surface area contributed by atoms with Crippen LogP contribution in [0.15, 0.2) is 206 Å². The standard InChI is InChI=1S/C52H34/c1-2-12-35(13-3-1)36-24-26-37(27-25-36)40-16-10-17-41(32-40)42-30-28-38-29-31-43(34-44(38)33-42)51-47-19-6-8-21-49(47)52(50-22-9-7-20-48(50)51)46-23-11-15-39-14-4-5-18-45(39)46/h1-34H. The maximum Gasteiger partial charge on any atom is -0.00201 e. The topological polar surface area (TPSA) is 0 Å². The van der Waals surface area contributed by atoms with Gasteiger partial charge in [0.2, 0.25) is 0 Å². The summed E-state index contributed by atoms with van der Waals surface area (Å²) in [7, 11) is 0. The molecule has 0 heteroatoms. The molecule has 0 fully saturated rings. The minimum Gasteiger partial charge on any atom is -0.0622 e. The minimum atomic E-state index is 1.22. The maximum atomic E-state index is 2.39. The van der Waals surface area contributed by atoms with Crippen molar-refractivity contribution in [3.63, 3.8) is 0 Å². The van der Waals surface area contributed by atoms with Crippen LogP contribution in [0.25, 0.3) is 98.7 Å². The molecular formula is C52H34. The molecule has 0 atom stereocenters. The van der Waals surface area contributed by atoms with Crippen molar-refractivity contribution in [3.05, 3.63) is 206 Å². The van der Waals surface area contributed by atoms with Crippen LogP contribution in [-0.2, 0) is 0 Å². The van der Waals surface area contributed by atoms with Gasteiger partial charge >= 0.3 is 0 Å². The van der Waals surface area contributed by atoms with E-state index in [1.165, 1.54) is 98.7 Å². The Morgan fingerprint density at radius 1 is 0.192 bits per heavy atom. The lowest BCUT2D eigenvalue weighted by atomic mass is 9.84. The van der Waals surface area contributed by atoms with Gasteiger partial charge in [-0.25, -0.2) is 0 Å². The van der Waals surface area contributed by atoms with E-state index in [0.29, 0.717) is 0 Å². The lowest BCUT2D eigenvalue weighted by molar-refractivity contribution is 1.58. The van der Waals surface area contributed by atoms with Crippen LogP contribution in [-0.4, -0.2) is 0 Å². The molecule has 10 rings (SSSR count). The summed E-state index contributed by atoms with van der Waals surface area (Å²) in [6.45, 7) is 0. The fraction of sp³-hybridized carbons (Fsp3) is 0. The second kappa shape index (κ2) is 12.5. The van der Waals surface area contributed by atoms with Gasteiger partial charge in [-0.1, -0.05) is 188 Å². The lowest BCUT2D eigenvalue weighted by Gasteiger charge is -2.19. The Morgan fingerprint density at radius 2 is 0.615 bits per heavy atom. The largest absolute Gasteiger partial charge is 0.0622 e. The smallest absolute Gasteiger partial charge is 0.00201 e. The van der Waals surface area contributed by atoms with Gasteiger partial charge in [0.15, 0.2) is 0 Å². The summed E-state index contributed by atoms with van der Waals surface area (Å²) in [6.07, 6.45) is 0. The number of hydrogen-bond acceptors (Lipinski definition) is 0. The van der Waals surface area contributed by atoms with E-state index >= 15 is 0 Å². The highest BCUT2D eigenvalue weighted by Gasteiger charge is 2.18. The molecular weight excluding hydrogens is 625 g/mol. The van der Waals surface area contributed by atoms with Gasteiger partial charge in [0.05, 0.1) is 0 Å². The maximum absolute atomic E-state index is 2.39. The molecule has 0 N–H and O–H groups in total. The lowest BCUT2D eigenvalue weighted by Crippen LogP contribution is -1.91. The second-order valence-electron chi connectivity index (χ2n) is 13.7. The molecule has 242 valence electrons. The van der Waals surface area contributed by atoms with Crippen LogP contribution in [0, 0.1) is 0 Å². The molecule has 0 aromatic heterocycles. The van der Waals surface area contributed by atoms with Crippen molar-refractivity contribution >= 4 is 43.1 Å². The Labute approximate surface area is 303 Å². The molecule has 0 nitrogen and oxygen atoms in total. The molecule has 0 amide bonds. The van der Waals surface area contributed by atoms with Gasteiger partial charge in [-0.05, 0) is 117 Å². The third-order valence-electron chi connectivity index (χ3n) is 10.6. The second-order valence-corrected chi connectivity index (χ2v) is 13.7. The molecule has 0 saturated carbocycles. The Morgan fingerprint density at radius 3 is 1.31 bits per heavy atom. The fourth-order valence-corrected chi connectivity index (χ4v) is 8.12. The predicted molar refractivity (Wildman–Crippen MR) is 224 cm³/mol. The monoisotopic (exact) mass is 658 g/mol. The van der Waals surface area contributed by atoms with Gasteiger partial charge in [0.1, 0.15) is 0 Å². The molecule has 0 saturated heterocycles. The van der Waals surface area contributed by atoms with E-state index in [9.17, 15) is 0 Å². The van der Waals surface area contributed by atoms with Crippen molar-refractivity contribution in [2.75, 3.05) is 0 Å². The van der Waals surface area contributed by atoms with Crippen molar-refractivity contribution in [3.8, 4) is 55.6 Å². The van der Waals surface area contributed by atoms with Crippen molar-refractivity contribution in [2.24, 2.45) is 0 Å². The number of rotatable bonds is 5. The quantitative estimate of drug-likeness (QED) is 0.161. The normalized spacial score (nSPS) is 11.5. The highest BCUT2D eigenvalue weighted by atomic mass is 14.2. The van der Waals surface area contributed by atoms with Crippen LogP contribution in [0.5, 0.6) is 0 Å². The van der Waals surface area contributed by atoms with Crippen molar-refractivity contribution < 1.29 is 0 Å². The molecule has 10 aromatic rings. The summed E-state index contributed by atoms with van der Waals surface area (Å²) in [4.78, 5) is 0. The van der Waals surface area contributed by atoms with Gasteiger partial charge in [0.25, 0.3) is 0 Å². The van der Waals surface area contributed by atoms with E-state index in [1.807, 2.05) is 0 Å². The predicted octanol–water partition coefficient (Wildman–Crippen LogP) is 14.6. The van der Waals surface area contributed by atoms with E-state index in [0.717, 1.165) is 0 Å². The van der Waals surface area contributed by atoms with E-state index in [1.54, 1.807) is 0 Å². The van der Waals surface area contributed by atoms with Gasteiger partial charge in [0, 0.05) is 0 Å². The molecule has 0 aliphatic heterocycles. The van der Waals surface area contributed by atoms with E-state index in [4.69, 9.17) is 0 Å². The average Bonchev–Trinajstić information content (AvgIpc) is 3.22. The van der Waals surface area contributed by atoms with Gasteiger partial charge < -0.3 is 0 Å². The van der Waals surface area contributed by atoms with Crippen LogP contribution >= 0.6 is 0 Å². The van der Waals surface area contributed by atoms with Crippen LogP contribution in [0.1, 0.15) is 0 Å². The van der Waals surface area contributed by atoms with Crippen LogP contribution in [0.2, 0.25) is 0 Å². The van der Waals surface area contributed by atoms with Crippen LogP contribution in [0.3, 0.4) is 0 Å². The summed E-state index contributed by atoms with van der Waals surface area (Å²) in [5.74, 6) is 0. The van der Waals surface area contributed by atoms with E-state index in [-0.39, 0.29) is 0 Å². The molecule has 0 radical (unpaired) electrons. The SMILES string of the molecule is c1ccc(-c2ccc(-c3cccc(-c4ccc5ccc(-c6c7ccccc7c(-c7cccc8ccccc78)c7ccccc67)cc5c4)c3)cc2)cc1. The molecule has 0 aliphatic carbocycles. The number of hydrogen-bond donors (Lipinski definition) is 0. The van der Waals surface area contributed by atoms with Crippen LogP contribution in [0.4, 0.5) is 0 Å². The number of fused-ring (bicyclic) bond motifs is 4. The third kappa shape index (κ3) is 5.16. The fourth-order valence-electron chi connectivity index (χ4n) is 8.12. The van der Waals surface area contributed by atoms with Gasteiger partial charge in [-0.2, -0.15) is 0 Å². The van der Waals surface area contributed by atoms with Crippen LogP contribution < -0.4 is 0 Å². The van der Waals surface area contributed by atoms with E-state index in [2.05, 4.69) is 206 Å². The summed E-state index contributed by atoms with van der Waals surface area (Å²) in [5, 5.41) is 10.1. The minimum absolute atomic E-state index is 1.22. The zero-order valence-corrected chi connectivity index (χ0v) is 28.6. The Balaban J connectivity index is 1.09. The summed E-state index contributed by atoms with van der Waals surface area (Å²) in [5.41, 5.74) is 12.4. The average molecular weight is 659 g/mol. The molecule has 0 aliphatic rings. The first-order valence-corrected chi connectivity index (χ1v) is 18.0. The first-order chi connectivity index (χ1) is 25.8. The molecule has 0 unspecified atom stereocenters. The first-order valence-electron chi connectivity index (χ1n) is 18.0. The molecule has 0 heterocycles. The Bertz CT molecular complexity index is 2870. The molecule has 52 heavy (non-hydrogen) atoms. The number of benzene rings is 10. The third-order valence-corrected chi connectivity index (χ3v) is 10.6. The van der Waals surface area contributed by atoms with Gasteiger partial charge in [-0.15, -0.1) is 0 Å². The van der Waals surface area contributed by atoms with Crippen molar-refractivity contribution in [2.45, 2.75) is 0 Å². The van der Waals surface area contributed by atoms with Gasteiger partial charge in [-0.3, -0.25) is 0 Å². The summed E-state index contributed by atoms with van der Waals surface area (Å²) >= 11 is 0. The first kappa shape index (κ1) is 30.1. The van der Waals surface area contributed by atoms with Crippen molar-refractivity contribution in [1.82, 2.24) is 0 Å².